The van der Waals surface area contributed by atoms with Crippen LogP contribution in [0.3, 0.4) is 0 Å². The highest BCUT2D eigenvalue weighted by Gasteiger charge is 2.39. The molecular formula is C12H21N3O2. The van der Waals surface area contributed by atoms with Crippen LogP contribution in [0.4, 0.5) is 0 Å². The summed E-state index contributed by atoms with van der Waals surface area (Å²) in [7, 11) is 1.64. The monoisotopic (exact) mass is 239 g/mol. The molecule has 96 valence electrons. The molecular weight excluding hydrogens is 218 g/mol. The third-order valence-corrected chi connectivity index (χ3v) is 3.93. The first kappa shape index (κ1) is 12.4. The van der Waals surface area contributed by atoms with Crippen LogP contribution in [-0.2, 0) is 9.59 Å². The standard InChI is InChI=1S/C12H21N3O2/c1-15(7-11(13)16)12(17)10-6-8-4-2-3-5-9(8)14-10/h8-10,14H,2-7H2,1H3,(H2,13,16). The van der Waals surface area contributed by atoms with Crippen molar-refractivity contribution >= 4 is 11.8 Å². The van der Waals surface area contributed by atoms with E-state index in [4.69, 9.17) is 5.73 Å². The predicted molar refractivity (Wildman–Crippen MR) is 64.1 cm³/mol. The number of nitrogens with zero attached hydrogens (tertiary/aromatic N) is 1. The lowest BCUT2D eigenvalue weighted by molar-refractivity contribution is -0.135. The van der Waals surface area contributed by atoms with E-state index in [1.165, 1.54) is 30.6 Å². The smallest absolute Gasteiger partial charge is 0.239 e. The van der Waals surface area contributed by atoms with Gasteiger partial charge in [-0.3, -0.25) is 9.59 Å². The Balaban J connectivity index is 1.90. The normalized spacial score (nSPS) is 31.9. The minimum absolute atomic E-state index is 0.00167. The van der Waals surface area contributed by atoms with Crippen LogP contribution in [0.15, 0.2) is 0 Å². The van der Waals surface area contributed by atoms with Crippen LogP contribution in [0.1, 0.15) is 32.1 Å². The Morgan fingerprint density at radius 2 is 2.06 bits per heavy atom. The number of nitrogens with two attached hydrogens (primary N) is 1. The second kappa shape index (κ2) is 5.04. The van der Waals surface area contributed by atoms with Crippen LogP contribution >= 0.6 is 0 Å². The number of amides is 2. The summed E-state index contributed by atoms with van der Waals surface area (Å²) in [6.07, 6.45) is 5.84. The quantitative estimate of drug-likeness (QED) is 0.719. The second-order valence-electron chi connectivity index (χ2n) is 5.27. The molecule has 0 spiro atoms. The lowest BCUT2D eigenvalue weighted by Crippen LogP contribution is -2.46. The highest BCUT2D eigenvalue weighted by atomic mass is 16.2. The van der Waals surface area contributed by atoms with E-state index in [9.17, 15) is 9.59 Å². The molecule has 2 fully saturated rings. The fourth-order valence-electron chi connectivity index (χ4n) is 3.09. The van der Waals surface area contributed by atoms with Gasteiger partial charge in [0.1, 0.15) is 0 Å². The summed E-state index contributed by atoms with van der Waals surface area (Å²) in [6, 6.07) is 0.382. The molecule has 1 heterocycles. The Morgan fingerprint density at radius 3 is 2.71 bits per heavy atom. The Morgan fingerprint density at radius 1 is 1.35 bits per heavy atom. The van der Waals surface area contributed by atoms with E-state index < -0.39 is 5.91 Å². The van der Waals surface area contributed by atoms with Gasteiger partial charge in [0.05, 0.1) is 12.6 Å². The van der Waals surface area contributed by atoms with Gasteiger partial charge in [0.25, 0.3) is 0 Å². The number of carbonyl (C=O) groups is 2. The van der Waals surface area contributed by atoms with E-state index in [-0.39, 0.29) is 18.5 Å². The number of carbonyl (C=O) groups excluding carboxylic acids is 2. The van der Waals surface area contributed by atoms with Gasteiger partial charge in [0, 0.05) is 13.1 Å². The van der Waals surface area contributed by atoms with Crippen molar-refractivity contribution in [3.05, 3.63) is 0 Å². The molecule has 5 heteroatoms. The summed E-state index contributed by atoms with van der Waals surface area (Å²) in [5, 5.41) is 3.40. The molecule has 3 atom stereocenters. The van der Waals surface area contributed by atoms with Gasteiger partial charge in [-0.1, -0.05) is 12.8 Å². The van der Waals surface area contributed by atoms with E-state index in [0.717, 1.165) is 6.42 Å². The fourth-order valence-corrected chi connectivity index (χ4v) is 3.09. The second-order valence-corrected chi connectivity index (χ2v) is 5.27. The van der Waals surface area contributed by atoms with Crippen molar-refractivity contribution in [2.45, 2.75) is 44.2 Å². The minimum atomic E-state index is -0.462. The zero-order valence-corrected chi connectivity index (χ0v) is 10.3. The number of hydrogen-bond acceptors (Lipinski definition) is 3. The maximum atomic E-state index is 12.1. The Hall–Kier alpha value is -1.10. The summed E-state index contributed by atoms with van der Waals surface area (Å²) < 4.78 is 0. The maximum Gasteiger partial charge on any atom is 0.239 e. The Kier molecular flexibility index (Phi) is 3.66. The summed E-state index contributed by atoms with van der Waals surface area (Å²) in [6.45, 7) is 0.00630. The molecule has 2 amide bonds. The SMILES string of the molecule is CN(CC(N)=O)C(=O)C1CC2CCCCC2N1. The number of rotatable bonds is 3. The first-order valence-corrected chi connectivity index (χ1v) is 6.37. The van der Waals surface area contributed by atoms with E-state index in [1.807, 2.05) is 0 Å². The zero-order chi connectivity index (χ0) is 12.4. The number of nitrogens with one attached hydrogen (secondary N) is 1. The Labute approximate surface area is 102 Å². The molecule has 2 aliphatic rings. The van der Waals surface area contributed by atoms with Crippen LogP contribution in [-0.4, -0.2) is 42.4 Å². The number of fused-ring (bicyclic) bond motifs is 1. The van der Waals surface area contributed by atoms with E-state index in [0.29, 0.717) is 12.0 Å². The molecule has 0 bridgehead atoms. The lowest BCUT2D eigenvalue weighted by atomic mass is 9.85. The fraction of sp³-hybridized carbons (Fsp3) is 0.833. The zero-order valence-electron chi connectivity index (χ0n) is 10.3. The molecule has 0 aromatic carbocycles. The largest absolute Gasteiger partial charge is 0.368 e. The van der Waals surface area contributed by atoms with Crippen molar-refractivity contribution in [1.29, 1.82) is 0 Å². The molecule has 0 aromatic rings. The van der Waals surface area contributed by atoms with Gasteiger partial charge >= 0.3 is 0 Å². The third-order valence-electron chi connectivity index (χ3n) is 3.93. The molecule has 0 radical (unpaired) electrons. The molecule has 17 heavy (non-hydrogen) atoms. The molecule has 1 aliphatic heterocycles. The van der Waals surface area contributed by atoms with Crippen LogP contribution < -0.4 is 11.1 Å². The first-order chi connectivity index (χ1) is 8.08. The average molecular weight is 239 g/mol. The van der Waals surface area contributed by atoms with E-state index >= 15 is 0 Å². The maximum absolute atomic E-state index is 12.1. The molecule has 3 N–H and O–H groups in total. The highest BCUT2D eigenvalue weighted by Crippen LogP contribution is 2.33. The van der Waals surface area contributed by atoms with Gasteiger partial charge in [-0.2, -0.15) is 0 Å². The van der Waals surface area contributed by atoms with Crippen molar-refractivity contribution in [2.75, 3.05) is 13.6 Å². The third kappa shape index (κ3) is 2.77. The first-order valence-electron chi connectivity index (χ1n) is 6.37. The summed E-state index contributed by atoms with van der Waals surface area (Å²) >= 11 is 0. The van der Waals surface area contributed by atoms with Gasteiger partial charge in [-0.05, 0) is 25.2 Å². The van der Waals surface area contributed by atoms with Gasteiger partial charge in [0.2, 0.25) is 11.8 Å². The summed E-state index contributed by atoms with van der Waals surface area (Å²) in [4.78, 5) is 24.3. The van der Waals surface area contributed by atoms with Crippen molar-refractivity contribution in [2.24, 2.45) is 11.7 Å². The summed E-state index contributed by atoms with van der Waals surface area (Å²) in [5.41, 5.74) is 5.09. The van der Waals surface area contributed by atoms with Gasteiger partial charge in [0.15, 0.2) is 0 Å². The van der Waals surface area contributed by atoms with Crippen LogP contribution in [0, 0.1) is 5.92 Å². The van der Waals surface area contributed by atoms with Crippen LogP contribution in [0.25, 0.3) is 0 Å². The number of hydrogen-bond donors (Lipinski definition) is 2. The number of primary amides is 1. The summed E-state index contributed by atoms with van der Waals surface area (Å²) in [5.74, 6) is 0.175. The highest BCUT2D eigenvalue weighted by molar-refractivity contribution is 5.86. The van der Waals surface area contributed by atoms with E-state index in [2.05, 4.69) is 5.32 Å². The van der Waals surface area contributed by atoms with Crippen molar-refractivity contribution < 1.29 is 9.59 Å². The van der Waals surface area contributed by atoms with Crippen LogP contribution in [0.2, 0.25) is 0 Å². The van der Waals surface area contributed by atoms with Crippen molar-refractivity contribution in [3.63, 3.8) is 0 Å². The van der Waals surface area contributed by atoms with Crippen LogP contribution in [0.5, 0.6) is 0 Å². The van der Waals surface area contributed by atoms with E-state index in [1.54, 1.807) is 7.05 Å². The van der Waals surface area contributed by atoms with Gasteiger partial charge in [-0.25, -0.2) is 0 Å². The van der Waals surface area contributed by atoms with Gasteiger partial charge < -0.3 is 16.0 Å². The van der Waals surface area contributed by atoms with Crippen molar-refractivity contribution in [3.8, 4) is 0 Å². The predicted octanol–water partition coefficient (Wildman–Crippen LogP) is -0.149. The molecule has 2 rings (SSSR count). The lowest BCUT2D eigenvalue weighted by Gasteiger charge is -2.24. The minimum Gasteiger partial charge on any atom is -0.368 e. The molecule has 1 aliphatic carbocycles. The number of likely N-dealkylation sites (N-methyl/N-ethyl adjacent to an activating group) is 1. The Bertz CT molecular complexity index is 305. The van der Waals surface area contributed by atoms with Crippen molar-refractivity contribution in [1.82, 2.24) is 10.2 Å². The molecule has 3 unspecified atom stereocenters. The molecule has 0 aromatic heterocycles. The molecule has 1 saturated heterocycles. The molecule has 1 saturated carbocycles. The molecule has 5 nitrogen and oxygen atoms in total. The topological polar surface area (TPSA) is 75.4 Å². The van der Waals surface area contributed by atoms with Gasteiger partial charge in [-0.15, -0.1) is 0 Å². The average Bonchev–Trinajstić information content (AvgIpc) is 2.70.